The number of rotatable bonds is 5. The lowest BCUT2D eigenvalue weighted by Gasteiger charge is -2.30. The van der Waals surface area contributed by atoms with Gasteiger partial charge in [-0.25, -0.2) is 5.48 Å². The summed E-state index contributed by atoms with van der Waals surface area (Å²) in [4.78, 5) is 24.7. The molecule has 2 amide bonds. The van der Waals surface area contributed by atoms with Crippen LogP contribution in [0, 0.1) is 11.8 Å². The summed E-state index contributed by atoms with van der Waals surface area (Å²) in [6, 6.07) is 15.8. The van der Waals surface area contributed by atoms with Gasteiger partial charge in [-0.15, -0.1) is 0 Å². The average molecular weight is 447 g/mol. The molecule has 0 aliphatic heterocycles. The Morgan fingerprint density at radius 2 is 1.36 bits per heavy atom. The van der Waals surface area contributed by atoms with E-state index in [9.17, 15) is 24.9 Å². The number of nitrogens with one attached hydrogen (secondary N) is 2. The molecule has 0 fully saturated rings. The average Bonchev–Trinajstić information content (AvgIpc) is 2.82. The van der Waals surface area contributed by atoms with Gasteiger partial charge >= 0.3 is 0 Å². The van der Waals surface area contributed by atoms with Crippen molar-refractivity contribution in [1.82, 2.24) is 10.8 Å². The SMILES string of the molecule is Nc1ccc(C#Cc2ccc(C(=O)N[C@H](C(=O)NO)C(O)(O)c3ccc(O)cc3)cc2)cc1. The van der Waals surface area contributed by atoms with E-state index in [1.807, 2.05) is 0 Å². The maximum Gasteiger partial charge on any atom is 0.271 e. The number of hydrogen-bond donors (Lipinski definition) is 7. The van der Waals surface area contributed by atoms with Crippen LogP contribution in [0.2, 0.25) is 0 Å². The Hall–Kier alpha value is -4.36. The molecule has 0 heterocycles. The second-order valence-electron chi connectivity index (χ2n) is 7.10. The van der Waals surface area contributed by atoms with E-state index in [0.29, 0.717) is 11.3 Å². The van der Waals surface area contributed by atoms with Crippen LogP contribution in [0.4, 0.5) is 5.69 Å². The van der Waals surface area contributed by atoms with E-state index >= 15 is 0 Å². The Bertz CT molecular complexity index is 1190. The van der Waals surface area contributed by atoms with Gasteiger partial charge in [-0.05, 0) is 72.8 Å². The Morgan fingerprint density at radius 1 is 0.848 bits per heavy atom. The number of carbonyl (C=O) groups is 2. The number of hydroxylamine groups is 1. The van der Waals surface area contributed by atoms with Gasteiger partial charge in [0.1, 0.15) is 5.75 Å². The van der Waals surface area contributed by atoms with Crippen molar-refractivity contribution in [3.63, 3.8) is 0 Å². The zero-order valence-electron chi connectivity index (χ0n) is 17.2. The number of hydrogen-bond acceptors (Lipinski definition) is 7. The largest absolute Gasteiger partial charge is 0.508 e. The fourth-order valence-corrected chi connectivity index (χ4v) is 2.92. The predicted molar refractivity (Wildman–Crippen MR) is 119 cm³/mol. The van der Waals surface area contributed by atoms with Crippen LogP contribution in [0.1, 0.15) is 27.0 Å². The molecule has 0 aliphatic carbocycles. The number of phenolic OH excluding ortho intramolecular Hbond substituents is 1. The van der Waals surface area contributed by atoms with Crippen molar-refractivity contribution in [2.45, 2.75) is 11.8 Å². The molecule has 33 heavy (non-hydrogen) atoms. The Kier molecular flexibility index (Phi) is 6.95. The topological polar surface area (TPSA) is 165 Å². The first-order chi connectivity index (χ1) is 15.7. The minimum Gasteiger partial charge on any atom is -0.508 e. The highest BCUT2D eigenvalue weighted by molar-refractivity contribution is 5.97. The fraction of sp³-hybridized carbons (Fsp3) is 0.0833. The summed E-state index contributed by atoms with van der Waals surface area (Å²) in [5, 5.41) is 41.7. The van der Waals surface area contributed by atoms with Gasteiger partial charge in [-0.1, -0.05) is 11.8 Å². The molecule has 3 rings (SSSR count). The van der Waals surface area contributed by atoms with Crippen LogP contribution in [-0.2, 0) is 10.6 Å². The van der Waals surface area contributed by atoms with Gasteiger partial charge < -0.3 is 26.4 Å². The van der Waals surface area contributed by atoms with Crippen molar-refractivity contribution in [3.8, 4) is 17.6 Å². The standard InChI is InChI=1S/C24H21N3O6/c25-19-11-5-16(6-12-19)2-1-15-3-7-17(8-4-15)22(29)26-21(23(30)27-33)24(31,32)18-9-13-20(28)14-10-18/h3-14,21,28,31-33H,25H2,(H,26,29)(H,27,30)/t21-/m1/s1. The summed E-state index contributed by atoms with van der Waals surface area (Å²) in [6.07, 6.45) is 0. The van der Waals surface area contributed by atoms with E-state index in [1.54, 1.807) is 36.4 Å². The normalized spacial score (nSPS) is 11.6. The van der Waals surface area contributed by atoms with Crippen LogP contribution in [0.25, 0.3) is 0 Å². The van der Waals surface area contributed by atoms with Crippen LogP contribution in [0.5, 0.6) is 5.75 Å². The van der Waals surface area contributed by atoms with Crippen molar-refractivity contribution in [3.05, 3.63) is 95.1 Å². The maximum absolute atomic E-state index is 12.6. The van der Waals surface area contributed by atoms with Crippen molar-refractivity contribution < 1.29 is 30.1 Å². The van der Waals surface area contributed by atoms with Crippen molar-refractivity contribution in [2.75, 3.05) is 5.73 Å². The third-order valence-corrected chi connectivity index (χ3v) is 4.75. The smallest absolute Gasteiger partial charge is 0.271 e. The molecule has 8 N–H and O–H groups in total. The number of benzene rings is 3. The van der Waals surface area contributed by atoms with Gasteiger partial charge in [0.25, 0.3) is 11.8 Å². The van der Waals surface area contributed by atoms with E-state index in [-0.39, 0.29) is 16.9 Å². The highest BCUT2D eigenvalue weighted by Gasteiger charge is 2.43. The molecule has 0 unspecified atom stereocenters. The molecule has 9 nitrogen and oxygen atoms in total. The van der Waals surface area contributed by atoms with E-state index < -0.39 is 23.6 Å². The van der Waals surface area contributed by atoms with Gasteiger partial charge in [-0.3, -0.25) is 14.8 Å². The first-order valence-corrected chi connectivity index (χ1v) is 9.67. The van der Waals surface area contributed by atoms with E-state index in [0.717, 1.165) is 17.7 Å². The molecule has 9 heteroatoms. The molecule has 0 aliphatic rings. The number of aromatic hydroxyl groups is 1. The molecule has 0 spiro atoms. The second-order valence-corrected chi connectivity index (χ2v) is 7.10. The van der Waals surface area contributed by atoms with E-state index in [1.165, 1.54) is 29.7 Å². The summed E-state index contributed by atoms with van der Waals surface area (Å²) >= 11 is 0. The van der Waals surface area contributed by atoms with Crippen molar-refractivity contribution in [2.24, 2.45) is 0 Å². The first-order valence-electron chi connectivity index (χ1n) is 9.67. The Morgan fingerprint density at radius 3 is 1.88 bits per heavy atom. The number of amides is 2. The van der Waals surface area contributed by atoms with Crippen molar-refractivity contribution in [1.29, 1.82) is 0 Å². The fourth-order valence-electron chi connectivity index (χ4n) is 2.92. The molecular weight excluding hydrogens is 426 g/mol. The van der Waals surface area contributed by atoms with E-state index in [4.69, 9.17) is 10.9 Å². The maximum atomic E-state index is 12.6. The third-order valence-electron chi connectivity index (χ3n) is 4.75. The quantitative estimate of drug-likeness (QED) is 0.1000. The van der Waals surface area contributed by atoms with Crippen LogP contribution < -0.4 is 16.5 Å². The second kappa shape index (κ2) is 9.84. The molecule has 0 bridgehead atoms. The lowest BCUT2D eigenvalue weighted by molar-refractivity contribution is -0.197. The molecule has 0 saturated carbocycles. The monoisotopic (exact) mass is 447 g/mol. The molecule has 1 atom stereocenters. The molecule has 0 aromatic heterocycles. The van der Waals surface area contributed by atoms with Crippen molar-refractivity contribution >= 4 is 17.5 Å². The van der Waals surface area contributed by atoms with Crippen LogP contribution in [0.3, 0.4) is 0 Å². The molecule has 3 aromatic rings. The predicted octanol–water partition coefficient (Wildman–Crippen LogP) is 0.816. The summed E-state index contributed by atoms with van der Waals surface area (Å²) in [6.45, 7) is 0. The zero-order chi connectivity index (χ0) is 24.0. The molecule has 3 aromatic carbocycles. The Labute approximate surface area is 189 Å². The molecular formula is C24H21N3O6. The third kappa shape index (κ3) is 5.66. The lowest BCUT2D eigenvalue weighted by Crippen LogP contribution is -2.58. The number of anilines is 1. The highest BCUT2D eigenvalue weighted by atomic mass is 16.5. The number of phenols is 1. The highest BCUT2D eigenvalue weighted by Crippen LogP contribution is 2.24. The summed E-state index contributed by atoms with van der Waals surface area (Å²) in [7, 11) is 0. The lowest BCUT2D eigenvalue weighted by atomic mass is 9.96. The van der Waals surface area contributed by atoms with Gasteiger partial charge in [0, 0.05) is 27.9 Å². The Balaban J connectivity index is 1.78. The minimum absolute atomic E-state index is 0.116. The summed E-state index contributed by atoms with van der Waals surface area (Å²) in [5.74, 6) is 0.827. The number of nitrogens with two attached hydrogens (primary N) is 1. The molecule has 168 valence electrons. The first kappa shape index (κ1) is 23.3. The zero-order valence-corrected chi connectivity index (χ0v) is 17.2. The van der Waals surface area contributed by atoms with Crippen LogP contribution in [0.15, 0.2) is 72.8 Å². The van der Waals surface area contributed by atoms with Gasteiger partial charge in [0.15, 0.2) is 6.04 Å². The number of carbonyl (C=O) groups excluding carboxylic acids is 2. The van der Waals surface area contributed by atoms with Crippen LogP contribution >= 0.6 is 0 Å². The van der Waals surface area contributed by atoms with Gasteiger partial charge in [0.05, 0.1) is 0 Å². The van der Waals surface area contributed by atoms with E-state index in [2.05, 4.69) is 17.2 Å². The number of aliphatic hydroxyl groups is 2. The van der Waals surface area contributed by atoms with Gasteiger partial charge in [0.2, 0.25) is 5.79 Å². The summed E-state index contributed by atoms with van der Waals surface area (Å²) in [5.41, 5.74) is 8.88. The molecule has 0 radical (unpaired) electrons. The minimum atomic E-state index is -2.89. The summed E-state index contributed by atoms with van der Waals surface area (Å²) < 4.78 is 0. The molecule has 0 saturated heterocycles. The van der Waals surface area contributed by atoms with Crippen LogP contribution in [-0.4, -0.2) is 38.4 Å². The van der Waals surface area contributed by atoms with Gasteiger partial charge in [-0.2, -0.15) is 0 Å². The number of nitrogen functional groups attached to an aromatic ring is 1.